The van der Waals surface area contributed by atoms with Crippen LogP contribution in [0.2, 0.25) is 0 Å². The number of amides is 2. The van der Waals surface area contributed by atoms with E-state index in [0.29, 0.717) is 31.0 Å². The second-order valence-corrected chi connectivity index (χ2v) is 7.30. The van der Waals surface area contributed by atoms with Crippen LogP contribution in [-0.4, -0.2) is 59.4 Å². The standard InChI is InChI=1S/C20H21N5O2/c26-17-13-15-12-16(11-14-3-1-6-25(17)18(14)15)19(27)23-7-9-24(10-8-23)20-21-4-2-5-22-20/h2,4-5,11-12H,1,3,6-10,13H2. The van der Waals surface area contributed by atoms with Gasteiger partial charge in [0.05, 0.1) is 12.1 Å². The number of carbonyl (C=O) groups excluding carboxylic acids is 2. The van der Waals surface area contributed by atoms with E-state index in [2.05, 4.69) is 14.9 Å². The molecule has 7 heteroatoms. The Balaban J connectivity index is 1.34. The molecule has 27 heavy (non-hydrogen) atoms. The SMILES string of the molecule is O=C(c1cc2c3c(c1)CC(=O)N3CCC2)N1CCN(c2ncccn2)CC1. The third-order valence-electron chi connectivity index (χ3n) is 5.66. The number of carbonyl (C=O) groups is 2. The minimum absolute atomic E-state index is 0.0548. The highest BCUT2D eigenvalue weighted by Crippen LogP contribution is 2.37. The Hall–Kier alpha value is -2.96. The first-order valence-electron chi connectivity index (χ1n) is 9.48. The number of aromatic nitrogens is 2. The fourth-order valence-electron chi connectivity index (χ4n) is 4.35. The summed E-state index contributed by atoms with van der Waals surface area (Å²) in [5.41, 5.74) is 3.93. The number of hydrogen-bond acceptors (Lipinski definition) is 5. The van der Waals surface area contributed by atoms with Crippen LogP contribution in [0.1, 0.15) is 27.9 Å². The van der Waals surface area contributed by atoms with Crippen molar-refractivity contribution >= 4 is 23.5 Å². The molecular formula is C20H21N5O2. The lowest BCUT2D eigenvalue weighted by atomic mass is 9.96. The van der Waals surface area contributed by atoms with E-state index in [1.165, 1.54) is 0 Å². The van der Waals surface area contributed by atoms with Crippen LogP contribution < -0.4 is 9.80 Å². The van der Waals surface area contributed by atoms with Gasteiger partial charge in [-0.1, -0.05) is 0 Å². The summed E-state index contributed by atoms with van der Waals surface area (Å²) >= 11 is 0. The Morgan fingerprint density at radius 1 is 0.963 bits per heavy atom. The molecule has 1 aromatic heterocycles. The fourth-order valence-corrected chi connectivity index (χ4v) is 4.35. The maximum Gasteiger partial charge on any atom is 0.253 e. The number of piperazine rings is 1. The molecule has 1 saturated heterocycles. The Labute approximate surface area is 157 Å². The van der Waals surface area contributed by atoms with Gasteiger partial charge in [-0.15, -0.1) is 0 Å². The second-order valence-electron chi connectivity index (χ2n) is 7.30. The number of benzene rings is 1. The predicted octanol–water partition coefficient (Wildman–Crippen LogP) is 1.27. The minimum atomic E-state index is 0.0548. The van der Waals surface area contributed by atoms with Crippen LogP contribution in [0.5, 0.6) is 0 Å². The summed E-state index contributed by atoms with van der Waals surface area (Å²) in [7, 11) is 0. The van der Waals surface area contributed by atoms with Crippen molar-refractivity contribution in [2.75, 3.05) is 42.5 Å². The van der Waals surface area contributed by atoms with Gasteiger partial charge in [0, 0.05) is 50.7 Å². The third-order valence-corrected chi connectivity index (χ3v) is 5.66. The molecule has 0 saturated carbocycles. The highest BCUT2D eigenvalue weighted by atomic mass is 16.2. The monoisotopic (exact) mass is 363 g/mol. The lowest BCUT2D eigenvalue weighted by molar-refractivity contribution is -0.117. The molecule has 2 aromatic rings. The van der Waals surface area contributed by atoms with Crippen molar-refractivity contribution in [2.24, 2.45) is 0 Å². The summed E-state index contributed by atoms with van der Waals surface area (Å²) in [5, 5.41) is 0. The molecular weight excluding hydrogens is 342 g/mol. The average Bonchev–Trinajstić information content (AvgIpc) is 3.05. The molecule has 7 nitrogen and oxygen atoms in total. The van der Waals surface area contributed by atoms with E-state index in [1.807, 2.05) is 21.9 Å². The molecule has 0 bridgehead atoms. The summed E-state index contributed by atoms with van der Waals surface area (Å²) in [6, 6.07) is 5.73. The number of hydrogen-bond donors (Lipinski definition) is 0. The van der Waals surface area contributed by atoms with E-state index in [1.54, 1.807) is 18.5 Å². The van der Waals surface area contributed by atoms with E-state index in [9.17, 15) is 9.59 Å². The van der Waals surface area contributed by atoms with Gasteiger partial charge in [0.15, 0.2) is 0 Å². The highest BCUT2D eigenvalue weighted by molar-refractivity contribution is 6.04. The Morgan fingerprint density at radius 3 is 2.48 bits per heavy atom. The van der Waals surface area contributed by atoms with E-state index < -0.39 is 0 Å². The molecule has 0 atom stereocenters. The lowest BCUT2D eigenvalue weighted by Crippen LogP contribution is -2.49. The number of nitrogens with zero attached hydrogens (tertiary/aromatic N) is 5. The second kappa shape index (κ2) is 6.33. The zero-order chi connectivity index (χ0) is 18.4. The van der Waals surface area contributed by atoms with Crippen molar-refractivity contribution in [1.29, 1.82) is 0 Å². The number of aryl methyl sites for hydroxylation is 1. The van der Waals surface area contributed by atoms with Gasteiger partial charge in [0.25, 0.3) is 5.91 Å². The normalized spacial score (nSPS) is 18.7. The molecule has 1 aromatic carbocycles. The summed E-state index contributed by atoms with van der Waals surface area (Å²) in [6.45, 7) is 3.54. The number of anilines is 2. The summed E-state index contributed by atoms with van der Waals surface area (Å²) in [4.78, 5) is 39.7. The maximum atomic E-state index is 13.1. The minimum Gasteiger partial charge on any atom is -0.337 e. The van der Waals surface area contributed by atoms with Crippen LogP contribution in [0.15, 0.2) is 30.6 Å². The third kappa shape index (κ3) is 2.74. The summed E-state index contributed by atoms with van der Waals surface area (Å²) in [6.07, 6.45) is 5.79. The summed E-state index contributed by atoms with van der Waals surface area (Å²) in [5.74, 6) is 0.927. The molecule has 3 aliphatic heterocycles. The lowest BCUT2D eigenvalue weighted by Gasteiger charge is -2.35. The molecule has 0 radical (unpaired) electrons. The van der Waals surface area contributed by atoms with Crippen LogP contribution in [-0.2, 0) is 17.6 Å². The molecule has 5 rings (SSSR count). The molecule has 138 valence electrons. The van der Waals surface area contributed by atoms with Crippen LogP contribution in [0.4, 0.5) is 11.6 Å². The molecule has 3 aliphatic rings. The van der Waals surface area contributed by atoms with E-state index in [4.69, 9.17) is 0 Å². The first-order chi connectivity index (χ1) is 13.2. The van der Waals surface area contributed by atoms with Crippen molar-refractivity contribution < 1.29 is 9.59 Å². The molecule has 2 amide bonds. The van der Waals surface area contributed by atoms with Crippen LogP contribution >= 0.6 is 0 Å². The van der Waals surface area contributed by atoms with Crippen LogP contribution in [0.25, 0.3) is 0 Å². The first-order valence-corrected chi connectivity index (χ1v) is 9.48. The smallest absolute Gasteiger partial charge is 0.253 e. The van der Waals surface area contributed by atoms with Gasteiger partial charge in [-0.3, -0.25) is 9.59 Å². The quantitative estimate of drug-likeness (QED) is 0.804. The fraction of sp³-hybridized carbons (Fsp3) is 0.400. The zero-order valence-corrected chi connectivity index (χ0v) is 15.1. The molecule has 0 N–H and O–H groups in total. The van der Waals surface area contributed by atoms with Gasteiger partial charge in [-0.2, -0.15) is 0 Å². The van der Waals surface area contributed by atoms with E-state index in [-0.39, 0.29) is 11.8 Å². The van der Waals surface area contributed by atoms with Crippen molar-refractivity contribution in [3.63, 3.8) is 0 Å². The maximum absolute atomic E-state index is 13.1. The molecule has 1 fully saturated rings. The van der Waals surface area contributed by atoms with Gasteiger partial charge < -0.3 is 14.7 Å². The van der Waals surface area contributed by atoms with Gasteiger partial charge in [-0.25, -0.2) is 9.97 Å². The Bertz CT molecular complexity index is 906. The molecule has 0 unspecified atom stereocenters. The molecule has 0 spiro atoms. The first kappa shape index (κ1) is 16.2. The van der Waals surface area contributed by atoms with Crippen molar-refractivity contribution in [1.82, 2.24) is 14.9 Å². The van der Waals surface area contributed by atoms with Gasteiger partial charge in [0.1, 0.15) is 0 Å². The van der Waals surface area contributed by atoms with E-state index in [0.717, 1.165) is 49.3 Å². The Kier molecular flexibility index (Phi) is 3.81. The van der Waals surface area contributed by atoms with Crippen molar-refractivity contribution in [2.45, 2.75) is 19.3 Å². The number of rotatable bonds is 2. The highest BCUT2D eigenvalue weighted by Gasteiger charge is 2.33. The van der Waals surface area contributed by atoms with Crippen LogP contribution in [0.3, 0.4) is 0 Å². The van der Waals surface area contributed by atoms with Gasteiger partial charge in [-0.05, 0) is 42.2 Å². The topological polar surface area (TPSA) is 69.6 Å². The molecule has 4 heterocycles. The molecule has 0 aliphatic carbocycles. The average molecular weight is 363 g/mol. The van der Waals surface area contributed by atoms with Gasteiger partial charge >= 0.3 is 0 Å². The van der Waals surface area contributed by atoms with Gasteiger partial charge in [0.2, 0.25) is 11.9 Å². The van der Waals surface area contributed by atoms with E-state index >= 15 is 0 Å². The van der Waals surface area contributed by atoms with Crippen LogP contribution in [0, 0.1) is 0 Å². The summed E-state index contributed by atoms with van der Waals surface area (Å²) < 4.78 is 0. The predicted molar refractivity (Wildman–Crippen MR) is 101 cm³/mol. The largest absolute Gasteiger partial charge is 0.337 e. The van der Waals surface area contributed by atoms with Crippen molar-refractivity contribution in [3.05, 3.63) is 47.3 Å². The zero-order valence-electron chi connectivity index (χ0n) is 15.1. The van der Waals surface area contributed by atoms with Crippen molar-refractivity contribution in [3.8, 4) is 0 Å². The Morgan fingerprint density at radius 2 is 1.70 bits per heavy atom.